The van der Waals surface area contributed by atoms with E-state index in [2.05, 4.69) is 20.3 Å². The molecule has 1 aromatic carbocycles. The molecule has 1 saturated carbocycles. The highest BCUT2D eigenvalue weighted by Gasteiger charge is 2.38. The number of piperidine rings is 1. The fourth-order valence-corrected chi connectivity index (χ4v) is 6.89. The van der Waals surface area contributed by atoms with Crippen molar-refractivity contribution in [2.45, 2.75) is 69.5 Å². The number of alkyl halides is 3. The van der Waals surface area contributed by atoms with E-state index >= 15 is 0 Å². The van der Waals surface area contributed by atoms with Crippen LogP contribution < -0.4 is 15.4 Å². The number of benzene rings is 1. The van der Waals surface area contributed by atoms with Gasteiger partial charge < -0.3 is 15.7 Å². The summed E-state index contributed by atoms with van der Waals surface area (Å²) in [6, 6.07) is 5.37. The van der Waals surface area contributed by atoms with Crippen LogP contribution in [0.1, 0.15) is 49.8 Å². The number of thiazole rings is 1. The second-order valence-electron chi connectivity index (χ2n) is 9.35. The summed E-state index contributed by atoms with van der Waals surface area (Å²) in [6.07, 6.45) is 0.791. The number of carbonyl (C=O) groups is 2. The zero-order chi connectivity index (χ0) is 28.1. The van der Waals surface area contributed by atoms with Crippen LogP contribution in [-0.4, -0.2) is 55.7 Å². The van der Waals surface area contributed by atoms with Crippen LogP contribution in [0.2, 0.25) is 0 Å². The highest BCUT2D eigenvalue weighted by molar-refractivity contribution is 7.89. The first-order chi connectivity index (χ1) is 17.8. The number of carboxylic acids is 1. The summed E-state index contributed by atoms with van der Waals surface area (Å²) < 4.78 is 60.7. The second-order valence-corrected chi connectivity index (χ2v) is 12.0. The molecular weight excluding hydrogens is 545 g/mol. The maximum Gasteiger partial charge on any atom is 0.490 e. The van der Waals surface area contributed by atoms with Gasteiger partial charge in [0.15, 0.2) is 5.13 Å². The summed E-state index contributed by atoms with van der Waals surface area (Å²) in [6.45, 7) is 5.27. The molecule has 4 rings (SSSR count). The van der Waals surface area contributed by atoms with E-state index < -0.39 is 22.2 Å². The van der Waals surface area contributed by atoms with Crippen molar-refractivity contribution in [1.29, 1.82) is 0 Å². The minimum Gasteiger partial charge on any atom is -0.475 e. The molecule has 2 aromatic rings. The number of carboxylic acid groups (broad SMARTS) is 1. The van der Waals surface area contributed by atoms with E-state index in [-0.39, 0.29) is 17.9 Å². The Labute approximate surface area is 223 Å². The number of halogens is 3. The number of aromatic nitrogens is 1. The number of rotatable bonds is 6. The smallest absolute Gasteiger partial charge is 0.475 e. The quantitative estimate of drug-likeness (QED) is 0.404. The van der Waals surface area contributed by atoms with E-state index in [4.69, 9.17) is 9.90 Å². The molecule has 0 radical (unpaired) electrons. The second kappa shape index (κ2) is 12.5. The van der Waals surface area contributed by atoms with Gasteiger partial charge >= 0.3 is 12.1 Å². The Morgan fingerprint density at radius 1 is 1.13 bits per heavy atom. The minimum atomic E-state index is -5.08. The highest BCUT2D eigenvalue weighted by atomic mass is 32.2. The lowest BCUT2D eigenvalue weighted by atomic mass is 10.1. The van der Waals surface area contributed by atoms with Crippen LogP contribution in [0.4, 0.5) is 18.3 Å². The molecule has 1 aliphatic heterocycles. The predicted octanol–water partition coefficient (Wildman–Crippen LogP) is 4.22. The number of carbonyl (C=O) groups excluding carboxylic acids is 1. The van der Waals surface area contributed by atoms with E-state index in [0.717, 1.165) is 61.2 Å². The van der Waals surface area contributed by atoms with Crippen LogP contribution in [0.3, 0.4) is 0 Å². The molecule has 14 heteroatoms. The summed E-state index contributed by atoms with van der Waals surface area (Å²) in [4.78, 5) is 27.0. The van der Waals surface area contributed by atoms with Crippen LogP contribution >= 0.6 is 11.3 Å². The van der Waals surface area contributed by atoms with Gasteiger partial charge in [-0.05, 0) is 63.3 Å². The first-order valence-corrected chi connectivity index (χ1v) is 14.5. The molecule has 210 valence electrons. The van der Waals surface area contributed by atoms with Gasteiger partial charge in [0.1, 0.15) is 0 Å². The lowest BCUT2D eigenvalue weighted by Crippen LogP contribution is -2.45. The lowest BCUT2D eigenvalue weighted by Gasteiger charge is -2.24. The number of aryl methyl sites for hydroxylation is 2. The summed E-state index contributed by atoms with van der Waals surface area (Å²) in [5, 5.41) is 13.9. The lowest BCUT2D eigenvalue weighted by molar-refractivity contribution is -0.192. The van der Waals surface area contributed by atoms with Gasteiger partial charge in [0.25, 0.3) is 0 Å². The van der Waals surface area contributed by atoms with E-state index in [1.54, 1.807) is 6.07 Å². The van der Waals surface area contributed by atoms with Crippen LogP contribution in [0, 0.1) is 19.8 Å². The van der Waals surface area contributed by atoms with Gasteiger partial charge in [0, 0.05) is 18.5 Å². The third-order valence-electron chi connectivity index (χ3n) is 6.35. The van der Waals surface area contributed by atoms with Crippen molar-refractivity contribution in [3.8, 4) is 10.4 Å². The Hall–Kier alpha value is -2.55. The number of nitrogens with zero attached hydrogens (tertiary/aromatic N) is 1. The van der Waals surface area contributed by atoms with Crippen molar-refractivity contribution in [1.82, 2.24) is 15.0 Å². The van der Waals surface area contributed by atoms with Crippen molar-refractivity contribution in [3.05, 3.63) is 29.5 Å². The molecule has 1 saturated heterocycles. The summed E-state index contributed by atoms with van der Waals surface area (Å²) >= 11 is 1.39. The maximum atomic E-state index is 13.1. The highest BCUT2D eigenvalue weighted by Crippen LogP contribution is 2.35. The maximum absolute atomic E-state index is 13.1. The van der Waals surface area contributed by atoms with Gasteiger partial charge in [0.05, 0.1) is 15.5 Å². The van der Waals surface area contributed by atoms with Gasteiger partial charge in [0.2, 0.25) is 15.9 Å². The monoisotopic (exact) mass is 576 g/mol. The van der Waals surface area contributed by atoms with Crippen molar-refractivity contribution in [2.24, 2.45) is 5.92 Å². The van der Waals surface area contributed by atoms with Crippen molar-refractivity contribution < 1.29 is 36.3 Å². The van der Waals surface area contributed by atoms with Crippen LogP contribution in [0.25, 0.3) is 10.4 Å². The topological polar surface area (TPSA) is 137 Å². The molecule has 38 heavy (non-hydrogen) atoms. The number of hydrogen-bond acceptors (Lipinski definition) is 7. The number of nitrogens with one attached hydrogen (secondary N) is 3. The molecule has 1 atom stereocenters. The number of aliphatic carboxylic acids is 1. The molecule has 9 nitrogen and oxygen atoms in total. The minimum absolute atomic E-state index is 0.0373. The molecule has 1 unspecified atom stereocenters. The number of amides is 1. The van der Waals surface area contributed by atoms with Gasteiger partial charge in [-0.1, -0.05) is 36.3 Å². The van der Waals surface area contributed by atoms with Gasteiger partial charge in [-0.15, -0.1) is 0 Å². The van der Waals surface area contributed by atoms with E-state index in [9.17, 15) is 26.4 Å². The zero-order valence-electron chi connectivity index (χ0n) is 21.0. The van der Waals surface area contributed by atoms with Crippen LogP contribution in [-0.2, 0) is 19.6 Å². The third-order valence-corrected chi connectivity index (χ3v) is 9.14. The van der Waals surface area contributed by atoms with Gasteiger partial charge in [-0.25, -0.2) is 22.9 Å². The standard InChI is InChI=1S/C22H30N4O3S2.C2HF3O2/c1-14-9-10-17(12-19(14)31(28,29)26-18-8-5-11-23-13-18)20-15(2)24-22(30-20)25-21(27)16-6-3-4-7-16;3-2(4,5)1(6)7/h9-10,12,16,18,23,26H,3-8,11,13H2,1-2H3,(H,24,25,27);(H,6,7). The molecule has 0 bridgehead atoms. The fourth-order valence-electron chi connectivity index (χ4n) is 4.38. The Morgan fingerprint density at radius 2 is 1.79 bits per heavy atom. The van der Waals surface area contributed by atoms with E-state index in [1.807, 2.05) is 26.0 Å². The Morgan fingerprint density at radius 3 is 2.37 bits per heavy atom. The molecule has 2 fully saturated rings. The molecule has 2 aliphatic rings. The average molecular weight is 577 g/mol. The number of hydrogen-bond donors (Lipinski definition) is 4. The first-order valence-electron chi connectivity index (χ1n) is 12.2. The largest absolute Gasteiger partial charge is 0.490 e. The first kappa shape index (κ1) is 30.0. The Balaban J connectivity index is 0.000000505. The van der Waals surface area contributed by atoms with Crippen LogP contribution in [0.15, 0.2) is 23.1 Å². The summed E-state index contributed by atoms with van der Waals surface area (Å²) in [5.74, 6) is -2.65. The third kappa shape index (κ3) is 7.98. The average Bonchev–Trinajstić information content (AvgIpc) is 3.50. The normalized spacial score (nSPS) is 18.5. The summed E-state index contributed by atoms with van der Waals surface area (Å²) in [5.41, 5.74) is 2.28. The molecule has 4 N–H and O–H groups in total. The molecular formula is C24H31F3N4O5S2. The Bertz CT molecular complexity index is 1250. The number of sulfonamides is 1. The predicted molar refractivity (Wildman–Crippen MR) is 138 cm³/mol. The molecule has 2 heterocycles. The van der Waals surface area contributed by atoms with Crippen molar-refractivity contribution in [2.75, 3.05) is 18.4 Å². The number of anilines is 1. The molecule has 0 spiro atoms. The summed E-state index contributed by atoms with van der Waals surface area (Å²) in [7, 11) is -3.63. The van der Waals surface area contributed by atoms with Gasteiger partial charge in [-0.2, -0.15) is 13.2 Å². The molecule has 1 amide bonds. The fraction of sp³-hybridized carbons (Fsp3) is 0.542. The van der Waals surface area contributed by atoms with Gasteiger partial charge in [-0.3, -0.25) is 4.79 Å². The van der Waals surface area contributed by atoms with Crippen molar-refractivity contribution in [3.63, 3.8) is 0 Å². The Kier molecular flexibility index (Phi) is 9.90. The SMILES string of the molecule is Cc1ccc(-c2sc(NC(=O)C3CCCC3)nc2C)cc1S(=O)(=O)NC1CCCNC1.O=C(O)C(F)(F)F. The van der Waals surface area contributed by atoms with Crippen LogP contribution in [0.5, 0.6) is 0 Å². The van der Waals surface area contributed by atoms with Crippen molar-refractivity contribution >= 4 is 38.4 Å². The molecule has 1 aromatic heterocycles. The zero-order valence-corrected chi connectivity index (χ0v) is 22.7. The molecule has 1 aliphatic carbocycles. The van der Waals surface area contributed by atoms with E-state index in [0.29, 0.717) is 22.1 Å². The van der Waals surface area contributed by atoms with E-state index in [1.165, 1.54) is 11.3 Å².